The maximum absolute atomic E-state index is 13.4. The zero-order valence-electron chi connectivity index (χ0n) is 15.8. The molecule has 29 heavy (non-hydrogen) atoms. The Labute approximate surface area is 169 Å². The van der Waals surface area contributed by atoms with E-state index >= 15 is 0 Å². The fraction of sp³-hybridized carbons (Fsp3) is 0.200. The summed E-state index contributed by atoms with van der Waals surface area (Å²) in [5.74, 6) is -0.819. The summed E-state index contributed by atoms with van der Waals surface area (Å²) >= 11 is 0. The molecule has 0 spiro atoms. The Bertz CT molecular complexity index is 1020. The van der Waals surface area contributed by atoms with Crippen LogP contribution in [0.2, 0.25) is 0 Å². The Morgan fingerprint density at radius 1 is 0.621 bits per heavy atom. The van der Waals surface area contributed by atoms with E-state index in [1.165, 1.54) is 27.2 Å². The van der Waals surface area contributed by atoms with Crippen molar-refractivity contribution >= 4 is 17.5 Å². The molecule has 0 saturated carbocycles. The molecule has 0 aromatic heterocycles. The molecule has 4 aliphatic rings. The highest BCUT2D eigenvalue weighted by molar-refractivity contribution is 6.07. The fourth-order valence-corrected chi connectivity index (χ4v) is 5.62. The van der Waals surface area contributed by atoms with Gasteiger partial charge in [-0.1, -0.05) is 66.7 Å². The number of anilines is 1. The Balaban J connectivity index is 1.42. The summed E-state index contributed by atoms with van der Waals surface area (Å²) in [7, 11) is 0. The third-order valence-electron chi connectivity index (χ3n) is 6.75. The number of nitrogens with one attached hydrogen (secondary N) is 1. The molecular formula is C25H20N2O2. The fourth-order valence-electron chi connectivity index (χ4n) is 5.62. The van der Waals surface area contributed by atoms with E-state index in [1.54, 1.807) is 0 Å². The molecule has 1 saturated heterocycles. The molecule has 142 valence electrons. The van der Waals surface area contributed by atoms with Crippen LogP contribution in [0.25, 0.3) is 0 Å². The van der Waals surface area contributed by atoms with Crippen LogP contribution < -0.4 is 5.32 Å². The van der Waals surface area contributed by atoms with Gasteiger partial charge >= 0.3 is 0 Å². The molecular weight excluding hydrogens is 360 g/mol. The quantitative estimate of drug-likeness (QED) is 0.700. The van der Waals surface area contributed by atoms with Crippen molar-refractivity contribution in [1.29, 1.82) is 0 Å². The highest BCUT2D eigenvalue weighted by Crippen LogP contribution is 2.60. The van der Waals surface area contributed by atoms with Gasteiger partial charge in [0.1, 0.15) is 0 Å². The van der Waals surface area contributed by atoms with Gasteiger partial charge in [0.05, 0.1) is 18.5 Å². The van der Waals surface area contributed by atoms with Crippen molar-refractivity contribution in [1.82, 2.24) is 4.90 Å². The molecule has 3 aromatic rings. The second kappa shape index (κ2) is 6.05. The van der Waals surface area contributed by atoms with Crippen LogP contribution in [0.1, 0.15) is 34.1 Å². The van der Waals surface area contributed by atoms with Crippen molar-refractivity contribution < 1.29 is 9.59 Å². The van der Waals surface area contributed by atoms with Crippen LogP contribution >= 0.6 is 0 Å². The van der Waals surface area contributed by atoms with Crippen molar-refractivity contribution in [3.05, 3.63) is 101 Å². The van der Waals surface area contributed by atoms with E-state index in [0.29, 0.717) is 0 Å². The summed E-state index contributed by atoms with van der Waals surface area (Å²) in [6.45, 7) is 0.209. The van der Waals surface area contributed by atoms with E-state index in [-0.39, 0.29) is 42.2 Å². The Kier molecular flexibility index (Phi) is 3.45. The van der Waals surface area contributed by atoms with Gasteiger partial charge in [-0.05, 0) is 34.4 Å². The molecule has 1 heterocycles. The molecule has 4 nitrogen and oxygen atoms in total. The second-order valence-corrected chi connectivity index (χ2v) is 8.07. The third kappa shape index (κ3) is 2.20. The lowest BCUT2D eigenvalue weighted by Crippen LogP contribution is -2.41. The monoisotopic (exact) mass is 380 g/mol. The summed E-state index contributed by atoms with van der Waals surface area (Å²) in [6, 6.07) is 26.3. The summed E-state index contributed by atoms with van der Waals surface area (Å²) < 4.78 is 0. The summed E-state index contributed by atoms with van der Waals surface area (Å²) in [5, 5.41) is 3.23. The molecule has 4 heteroatoms. The van der Waals surface area contributed by atoms with Gasteiger partial charge in [-0.2, -0.15) is 0 Å². The van der Waals surface area contributed by atoms with Gasteiger partial charge in [-0.25, -0.2) is 0 Å². The molecule has 1 fully saturated rings. The number of benzene rings is 3. The van der Waals surface area contributed by atoms with Crippen molar-refractivity contribution in [2.45, 2.75) is 11.8 Å². The largest absolute Gasteiger partial charge is 0.367 e. The summed E-state index contributed by atoms with van der Waals surface area (Å²) in [6.07, 6.45) is 0. The van der Waals surface area contributed by atoms with E-state index in [2.05, 4.69) is 29.6 Å². The van der Waals surface area contributed by atoms with Gasteiger partial charge in [-0.3, -0.25) is 14.5 Å². The van der Waals surface area contributed by atoms with Crippen LogP contribution in [0, 0.1) is 11.8 Å². The zero-order valence-corrected chi connectivity index (χ0v) is 15.8. The molecule has 2 bridgehead atoms. The van der Waals surface area contributed by atoms with E-state index in [0.717, 1.165) is 5.69 Å². The van der Waals surface area contributed by atoms with Gasteiger partial charge in [0.25, 0.3) is 0 Å². The van der Waals surface area contributed by atoms with Crippen molar-refractivity contribution in [2.24, 2.45) is 11.8 Å². The Morgan fingerprint density at radius 3 is 1.48 bits per heavy atom. The van der Waals surface area contributed by atoms with Crippen molar-refractivity contribution in [3.8, 4) is 0 Å². The minimum absolute atomic E-state index is 0.0458. The SMILES string of the molecule is O=C1[C@H]2C3c4ccccc4C(c4ccccc43)[C@@H]2C(=O)N1CNc1ccccc1. The number of imide groups is 1. The smallest absolute Gasteiger partial charge is 0.235 e. The van der Waals surface area contributed by atoms with Crippen LogP contribution in [0.4, 0.5) is 5.69 Å². The molecule has 3 aromatic carbocycles. The van der Waals surface area contributed by atoms with Crippen molar-refractivity contribution in [2.75, 3.05) is 12.0 Å². The lowest BCUT2D eigenvalue weighted by atomic mass is 9.55. The van der Waals surface area contributed by atoms with Gasteiger partial charge in [-0.15, -0.1) is 0 Å². The molecule has 2 amide bonds. The number of para-hydroxylation sites is 1. The minimum atomic E-state index is -0.310. The van der Waals surface area contributed by atoms with Crippen LogP contribution in [0.3, 0.4) is 0 Å². The summed E-state index contributed by atoms with van der Waals surface area (Å²) in [4.78, 5) is 28.3. The van der Waals surface area contributed by atoms with Crippen molar-refractivity contribution in [3.63, 3.8) is 0 Å². The topological polar surface area (TPSA) is 49.4 Å². The first-order valence-corrected chi connectivity index (χ1v) is 10.1. The predicted molar refractivity (Wildman–Crippen MR) is 110 cm³/mol. The maximum atomic E-state index is 13.4. The van der Waals surface area contributed by atoms with E-state index in [9.17, 15) is 9.59 Å². The van der Waals surface area contributed by atoms with E-state index in [4.69, 9.17) is 0 Å². The molecule has 2 atom stereocenters. The first-order valence-electron chi connectivity index (χ1n) is 10.1. The van der Waals surface area contributed by atoms with Crippen LogP contribution in [-0.4, -0.2) is 23.4 Å². The molecule has 1 aliphatic heterocycles. The number of carbonyl (C=O) groups is 2. The first-order chi connectivity index (χ1) is 14.3. The van der Waals surface area contributed by atoms with Gasteiger partial charge in [0.15, 0.2) is 0 Å². The van der Waals surface area contributed by atoms with E-state index in [1.807, 2.05) is 54.6 Å². The average Bonchev–Trinajstić information content (AvgIpc) is 3.03. The minimum Gasteiger partial charge on any atom is -0.367 e. The highest BCUT2D eigenvalue weighted by atomic mass is 16.2. The lowest BCUT2D eigenvalue weighted by molar-refractivity contribution is -0.139. The average molecular weight is 380 g/mol. The molecule has 7 rings (SSSR count). The predicted octanol–water partition coefficient (Wildman–Crippen LogP) is 3.95. The van der Waals surface area contributed by atoms with E-state index < -0.39 is 0 Å². The van der Waals surface area contributed by atoms with Gasteiger partial charge < -0.3 is 5.32 Å². The molecule has 3 aliphatic carbocycles. The molecule has 0 radical (unpaired) electrons. The number of rotatable bonds is 3. The molecule has 1 N–H and O–H groups in total. The maximum Gasteiger partial charge on any atom is 0.235 e. The van der Waals surface area contributed by atoms with Crippen LogP contribution in [0.5, 0.6) is 0 Å². The number of nitrogens with zero attached hydrogens (tertiary/aromatic N) is 1. The first kappa shape index (κ1) is 16.5. The number of amides is 2. The van der Waals surface area contributed by atoms with Crippen LogP contribution in [-0.2, 0) is 9.59 Å². The van der Waals surface area contributed by atoms with Gasteiger partial charge in [0.2, 0.25) is 11.8 Å². The third-order valence-corrected chi connectivity index (χ3v) is 6.75. The number of likely N-dealkylation sites (tertiary alicyclic amines) is 1. The Hall–Kier alpha value is -3.40. The standard InChI is InChI=1S/C25H20N2O2/c28-24-22-20-16-10-4-5-11-17(16)21(19-13-7-6-12-18(19)20)23(22)25(29)27(24)14-26-15-8-2-1-3-9-15/h1-13,20-23,26H,14H2/t20?,21?,22-,23-/m0/s1. The van der Waals surface area contributed by atoms with Crippen LogP contribution in [0.15, 0.2) is 78.9 Å². The normalized spacial score (nSPS) is 26.1. The number of hydrogen-bond acceptors (Lipinski definition) is 3. The van der Waals surface area contributed by atoms with Gasteiger partial charge in [0, 0.05) is 17.5 Å². The number of carbonyl (C=O) groups excluding carboxylic acids is 2. The second-order valence-electron chi connectivity index (χ2n) is 8.07. The Morgan fingerprint density at radius 2 is 1.03 bits per heavy atom. The molecule has 0 unspecified atom stereocenters. The highest BCUT2D eigenvalue weighted by Gasteiger charge is 2.61. The number of hydrogen-bond donors (Lipinski definition) is 1. The lowest BCUT2D eigenvalue weighted by Gasteiger charge is -2.45. The summed E-state index contributed by atoms with van der Waals surface area (Å²) in [5.41, 5.74) is 5.72. The zero-order chi connectivity index (χ0) is 19.5.